The number of carbonyl (C=O) groups is 1. The van der Waals surface area contributed by atoms with Gasteiger partial charge < -0.3 is 15.0 Å². The van der Waals surface area contributed by atoms with E-state index >= 15 is 0 Å². The Morgan fingerprint density at radius 3 is 2.67 bits per heavy atom. The minimum absolute atomic E-state index is 0.0743. The second-order valence-electron chi connectivity index (χ2n) is 5.68. The lowest BCUT2D eigenvalue weighted by Crippen LogP contribution is -2.47. The summed E-state index contributed by atoms with van der Waals surface area (Å²) in [7, 11) is 0. The van der Waals surface area contributed by atoms with E-state index in [9.17, 15) is 22.4 Å². The van der Waals surface area contributed by atoms with Gasteiger partial charge in [-0.3, -0.25) is 4.79 Å². The lowest BCUT2D eigenvalue weighted by Gasteiger charge is -2.34. The molecule has 1 aliphatic heterocycles. The number of aromatic nitrogens is 1. The molecule has 0 bridgehead atoms. The average molecular weight is 349 g/mol. The van der Waals surface area contributed by atoms with Gasteiger partial charge in [-0.15, -0.1) is 0 Å². The fourth-order valence-electron chi connectivity index (χ4n) is 2.40. The molecule has 1 aromatic rings. The third-order valence-corrected chi connectivity index (χ3v) is 3.83. The standard InChI is InChI=1S/C15H19F4N3O2/c16-14(4-7-22(11-23)8-5-14)10-20-6-9-24-13-3-1-2-12(21-13)15(17,18)19/h1-3,11,20H,4-10H2. The van der Waals surface area contributed by atoms with Crippen molar-refractivity contribution in [1.29, 1.82) is 0 Å². The van der Waals surface area contributed by atoms with E-state index in [0.717, 1.165) is 6.07 Å². The molecule has 9 heteroatoms. The summed E-state index contributed by atoms with van der Waals surface area (Å²) in [6.45, 7) is 1.23. The predicted molar refractivity (Wildman–Crippen MR) is 78.3 cm³/mol. The summed E-state index contributed by atoms with van der Waals surface area (Å²) < 4.78 is 57.1. The molecule has 0 radical (unpaired) electrons. The zero-order valence-corrected chi connectivity index (χ0v) is 13.0. The number of ether oxygens (including phenoxy) is 1. The summed E-state index contributed by atoms with van der Waals surface area (Å²) in [6.07, 6.45) is -3.29. The highest BCUT2D eigenvalue weighted by Crippen LogP contribution is 2.28. The topological polar surface area (TPSA) is 54.5 Å². The van der Waals surface area contributed by atoms with Gasteiger partial charge in [-0.05, 0) is 6.07 Å². The summed E-state index contributed by atoms with van der Waals surface area (Å²) in [5.41, 5.74) is -2.40. The van der Waals surface area contributed by atoms with Crippen LogP contribution in [0.2, 0.25) is 0 Å². The number of hydrogen-bond donors (Lipinski definition) is 1. The predicted octanol–water partition coefficient (Wildman–Crippen LogP) is 2.03. The molecule has 1 fully saturated rings. The van der Waals surface area contributed by atoms with Crippen LogP contribution >= 0.6 is 0 Å². The van der Waals surface area contributed by atoms with Crippen molar-refractivity contribution in [2.24, 2.45) is 0 Å². The first-order chi connectivity index (χ1) is 11.3. The van der Waals surface area contributed by atoms with Crippen LogP contribution < -0.4 is 10.1 Å². The van der Waals surface area contributed by atoms with E-state index in [1.807, 2.05) is 0 Å². The molecule has 0 atom stereocenters. The van der Waals surface area contributed by atoms with Crippen molar-refractivity contribution in [1.82, 2.24) is 15.2 Å². The van der Waals surface area contributed by atoms with Crippen LogP contribution in [0.5, 0.6) is 5.88 Å². The molecule has 2 heterocycles. The van der Waals surface area contributed by atoms with Gasteiger partial charge in [-0.1, -0.05) is 6.07 Å². The highest BCUT2D eigenvalue weighted by atomic mass is 19.4. The number of amides is 1. The molecule has 134 valence electrons. The van der Waals surface area contributed by atoms with E-state index in [4.69, 9.17) is 4.74 Å². The summed E-state index contributed by atoms with van der Waals surface area (Å²) in [5, 5.41) is 2.89. The fourth-order valence-corrected chi connectivity index (χ4v) is 2.40. The first kappa shape index (κ1) is 18.4. The Morgan fingerprint density at radius 2 is 2.04 bits per heavy atom. The Labute approximate surface area is 137 Å². The van der Waals surface area contributed by atoms with Crippen molar-refractivity contribution in [2.75, 3.05) is 32.8 Å². The van der Waals surface area contributed by atoms with Crippen LogP contribution in [0.4, 0.5) is 17.6 Å². The number of nitrogens with zero attached hydrogens (tertiary/aromatic N) is 2. The van der Waals surface area contributed by atoms with Gasteiger partial charge in [0.25, 0.3) is 0 Å². The van der Waals surface area contributed by atoms with E-state index in [1.54, 1.807) is 0 Å². The van der Waals surface area contributed by atoms with E-state index in [-0.39, 0.29) is 38.4 Å². The number of carbonyl (C=O) groups excluding carboxylic acids is 1. The molecule has 0 unspecified atom stereocenters. The lowest BCUT2D eigenvalue weighted by molar-refractivity contribution is -0.141. The first-order valence-corrected chi connectivity index (χ1v) is 7.58. The maximum atomic E-state index is 14.4. The van der Waals surface area contributed by atoms with E-state index in [0.29, 0.717) is 19.5 Å². The number of nitrogens with one attached hydrogen (secondary N) is 1. The number of rotatable bonds is 7. The van der Waals surface area contributed by atoms with Crippen molar-refractivity contribution in [3.05, 3.63) is 23.9 Å². The SMILES string of the molecule is O=CN1CCC(F)(CNCCOc2cccc(C(F)(F)F)n2)CC1. The molecular weight excluding hydrogens is 330 g/mol. The van der Waals surface area contributed by atoms with Gasteiger partial charge >= 0.3 is 6.18 Å². The number of alkyl halides is 4. The molecular formula is C15H19F4N3O2. The number of likely N-dealkylation sites (tertiary alicyclic amines) is 1. The van der Waals surface area contributed by atoms with E-state index < -0.39 is 17.5 Å². The molecule has 1 aromatic heterocycles. The summed E-state index contributed by atoms with van der Waals surface area (Å²) >= 11 is 0. The summed E-state index contributed by atoms with van der Waals surface area (Å²) in [5.74, 6) is -0.124. The van der Waals surface area contributed by atoms with Crippen LogP contribution in [-0.2, 0) is 11.0 Å². The summed E-state index contributed by atoms with van der Waals surface area (Å²) in [6, 6.07) is 3.42. The van der Waals surface area contributed by atoms with Crippen molar-refractivity contribution < 1.29 is 27.1 Å². The number of pyridine rings is 1. The minimum atomic E-state index is -4.52. The van der Waals surface area contributed by atoms with Crippen LogP contribution in [0.3, 0.4) is 0 Å². The van der Waals surface area contributed by atoms with Crippen molar-refractivity contribution in [2.45, 2.75) is 24.7 Å². The molecule has 0 aromatic carbocycles. The zero-order chi connectivity index (χ0) is 17.6. The molecule has 0 spiro atoms. The highest BCUT2D eigenvalue weighted by Gasteiger charge is 2.34. The van der Waals surface area contributed by atoms with Gasteiger partial charge in [0.05, 0.1) is 0 Å². The van der Waals surface area contributed by atoms with E-state index in [2.05, 4.69) is 10.3 Å². The Balaban J connectivity index is 1.69. The third-order valence-electron chi connectivity index (χ3n) is 3.83. The van der Waals surface area contributed by atoms with Crippen LogP contribution in [0.1, 0.15) is 18.5 Å². The number of halogens is 4. The van der Waals surface area contributed by atoms with Gasteiger partial charge in [-0.25, -0.2) is 9.37 Å². The normalized spacial score (nSPS) is 17.6. The smallest absolute Gasteiger partial charge is 0.433 e. The Morgan fingerprint density at radius 1 is 1.33 bits per heavy atom. The molecule has 24 heavy (non-hydrogen) atoms. The second-order valence-corrected chi connectivity index (χ2v) is 5.68. The number of piperidine rings is 1. The van der Waals surface area contributed by atoms with Gasteiger partial charge in [0.15, 0.2) is 0 Å². The van der Waals surface area contributed by atoms with Gasteiger partial charge in [-0.2, -0.15) is 13.2 Å². The second kappa shape index (κ2) is 7.78. The lowest BCUT2D eigenvalue weighted by atomic mass is 9.93. The molecule has 1 N–H and O–H groups in total. The van der Waals surface area contributed by atoms with Gasteiger partial charge in [0.2, 0.25) is 12.3 Å². The van der Waals surface area contributed by atoms with Crippen molar-refractivity contribution in [3.8, 4) is 5.88 Å². The number of hydrogen-bond acceptors (Lipinski definition) is 4. The Hall–Kier alpha value is -1.90. The monoisotopic (exact) mass is 349 g/mol. The fraction of sp³-hybridized carbons (Fsp3) is 0.600. The van der Waals surface area contributed by atoms with Crippen LogP contribution in [0, 0.1) is 0 Å². The third kappa shape index (κ3) is 5.33. The zero-order valence-electron chi connectivity index (χ0n) is 13.0. The Kier molecular flexibility index (Phi) is 5.98. The molecule has 0 saturated carbocycles. The van der Waals surface area contributed by atoms with Crippen LogP contribution in [0.25, 0.3) is 0 Å². The molecule has 2 rings (SSSR count). The summed E-state index contributed by atoms with van der Waals surface area (Å²) in [4.78, 5) is 15.5. The minimum Gasteiger partial charge on any atom is -0.476 e. The molecule has 1 amide bonds. The Bertz CT molecular complexity index is 546. The van der Waals surface area contributed by atoms with Crippen molar-refractivity contribution >= 4 is 6.41 Å². The van der Waals surface area contributed by atoms with Crippen LogP contribution in [-0.4, -0.2) is 54.7 Å². The molecule has 1 aliphatic rings. The maximum Gasteiger partial charge on any atom is 0.433 e. The molecule has 0 aliphatic carbocycles. The molecule has 5 nitrogen and oxygen atoms in total. The quantitative estimate of drug-likeness (QED) is 0.465. The van der Waals surface area contributed by atoms with Gasteiger partial charge in [0, 0.05) is 45.1 Å². The van der Waals surface area contributed by atoms with E-state index in [1.165, 1.54) is 17.0 Å². The highest BCUT2D eigenvalue weighted by molar-refractivity contribution is 5.47. The van der Waals surface area contributed by atoms with Gasteiger partial charge in [0.1, 0.15) is 18.0 Å². The van der Waals surface area contributed by atoms with Crippen LogP contribution in [0.15, 0.2) is 18.2 Å². The maximum absolute atomic E-state index is 14.4. The molecule has 1 saturated heterocycles. The first-order valence-electron chi connectivity index (χ1n) is 7.58. The van der Waals surface area contributed by atoms with Crippen molar-refractivity contribution in [3.63, 3.8) is 0 Å². The largest absolute Gasteiger partial charge is 0.476 e. The average Bonchev–Trinajstić information content (AvgIpc) is 2.55.